The van der Waals surface area contributed by atoms with Gasteiger partial charge in [0.2, 0.25) is 5.91 Å². The number of nitrogens with two attached hydrogens (primary N) is 1. The molecule has 35 heavy (non-hydrogen) atoms. The van der Waals surface area contributed by atoms with Gasteiger partial charge in [-0.3, -0.25) is 9.78 Å². The highest BCUT2D eigenvalue weighted by Gasteiger charge is 2.48. The Morgan fingerprint density at radius 1 is 1.14 bits per heavy atom. The molecule has 1 aliphatic rings. The smallest absolute Gasteiger partial charge is 0.328 e. The van der Waals surface area contributed by atoms with Gasteiger partial charge in [-0.25, -0.2) is 4.79 Å². The van der Waals surface area contributed by atoms with Crippen molar-refractivity contribution in [1.29, 1.82) is 0 Å². The zero-order valence-electron chi connectivity index (χ0n) is 21.1. The zero-order chi connectivity index (χ0) is 25.2. The SMILES string of the molecule is COC(=O)[C@@H](CC(C)C)N1CC[C@@](N)(c2ccc(CCc3cc(C)nc4ccccc34)cc2)C1=O. The number of ether oxygens (including phenoxy) is 1. The van der Waals surface area contributed by atoms with Gasteiger partial charge in [0.1, 0.15) is 11.6 Å². The summed E-state index contributed by atoms with van der Waals surface area (Å²) in [5.74, 6) is -0.342. The molecule has 2 heterocycles. The molecule has 2 N–H and O–H groups in total. The number of methoxy groups -OCH3 is 1. The second kappa shape index (κ2) is 10.2. The van der Waals surface area contributed by atoms with Crippen LogP contribution in [0, 0.1) is 12.8 Å². The first-order chi connectivity index (χ1) is 16.7. The zero-order valence-corrected chi connectivity index (χ0v) is 21.1. The Morgan fingerprint density at radius 2 is 1.86 bits per heavy atom. The van der Waals surface area contributed by atoms with Gasteiger partial charge in [-0.05, 0) is 67.3 Å². The standard InChI is InChI=1S/C29H35N3O3/c1-19(2)17-26(27(33)35-4)32-16-15-29(30,28(32)34)23-13-10-21(11-14-23)9-12-22-18-20(3)31-25-8-6-5-7-24(22)25/h5-8,10-11,13-14,18-19,26H,9,12,15-17,30H2,1-4H3/t26-,29-/m1/s1. The molecule has 0 spiro atoms. The van der Waals surface area contributed by atoms with E-state index < -0.39 is 11.6 Å². The van der Waals surface area contributed by atoms with Gasteiger partial charge < -0.3 is 15.4 Å². The number of aromatic nitrogens is 1. The fourth-order valence-electron chi connectivity index (χ4n) is 5.11. The van der Waals surface area contributed by atoms with E-state index in [0.717, 1.165) is 29.6 Å². The number of hydrogen-bond donors (Lipinski definition) is 1. The number of amides is 1. The molecule has 1 amide bonds. The minimum atomic E-state index is -1.12. The van der Waals surface area contributed by atoms with Crippen molar-refractivity contribution in [2.24, 2.45) is 11.7 Å². The third kappa shape index (κ3) is 5.08. The molecule has 1 aromatic heterocycles. The highest BCUT2D eigenvalue weighted by molar-refractivity contribution is 5.93. The molecule has 2 atom stereocenters. The number of fused-ring (bicyclic) bond motifs is 1. The van der Waals surface area contributed by atoms with Crippen LogP contribution < -0.4 is 5.73 Å². The average Bonchev–Trinajstić information content (AvgIpc) is 3.15. The van der Waals surface area contributed by atoms with Crippen LogP contribution in [0.2, 0.25) is 0 Å². The van der Waals surface area contributed by atoms with Crippen LogP contribution in [-0.2, 0) is 32.7 Å². The van der Waals surface area contributed by atoms with Crippen LogP contribution in [0.3, 0.4) is 0 Å². The summed E-state index contributed by atoms with van der Waals surface area (Å²) in [7, 11) is 1.36. The normalized spacial score (nSPS) is 18.9. The summed E-state index contributed by atoms with van der Waals surface area (Å²) < 4.78 is 4.98. The first-order valence-electron chi connectivity index (χ1n) is 12.4. The maximum Gasteiger partial charge on any atom is 0.328 e. The van der Waals surface area contributed by atoms with E-state index in [1.54, 1.807) is 4.90 Å². The van der Waals surface area contributed by atoms with E-state index in [4.69, 9.17) is 10.5 Å². The molecule has 0 aliphatic carbocycles. The van der Waals surface area contributed by atoms with Crippen molar-refractivity contribution in [2.45, 2.75) is 58.0 Å². The monoisotopic (exact) mass is 473 g/mol. The Morgan fingerprint density at radius 3 is 2.54 bits per heavy atom. The van der Waals surface area contributed by atoms with Gasteiger partial charge in [0.15, 0.2) is 0 Å². The minimum Gasteiger partial charge on any atom is -0.467 e. The Labute approximate surface area is 207 Å². The second-order valence-corrected chi connectivity index (χ2v) is 10.0. The largest absolute Gasteiger partial charge is 0.467 e. The van der Waals surface area contributed by atoms with E-state index >= 15 is 0 Å². The second-order valence-electron chi connectivity index (χ2n) is 10.0. The Hall–Kier alpha value is -3.25. The lowest BCUT2D eigenvalue weighted by Gasteiger charge is -2.29. The molecule has 4 rings (SSSR count). The molecule has 3 aromatic rings. The predicted molar refractivity (Wildman–Crippen MR) is 138 cm³/mol. The van der Waals surface area contributed by atoms with Crippen LogP contribution in [0.15, 0.2) is 54.6 Å². The molecule has 0 unspecified atom stereocenters. The first-order valence-corrected chi connectivity index (χ1v) is 12.4. The highest BCUT2D eigenvalue weighted by atomic mass is 16.5. The first kappa shape index (κ1) is 24.9. The average molecular weight is 474 g/mol. The maximum absolute atomic E-state index is 13.4. The van der Waals surface area contributed by atoms with Gasteiger partial charge in [0.05, 0.1) is 12.6 Å². The lowest BCUT2D eigenvalue weighted by molar-refractivity contribution is -0.153. The van der Waals surface area contributed by atoms with Crippen molar-refractivity contribution < 1.29 is 14.3 Å². The van der Waals surface area contributed by atoms with Crippen LogP contribution in [0.1, 0.15) is 49.1 Å². The van der Waals surface area contributed by atoms with Crippen LogP contribution in [0.4, 0.5) is 0 Å². The Balaban J connectivity index is 1.49. The molecule has 0 saturated carbocycles. The van der Waals surface area contributed by atoms with Gasteiger partial charge >= 0.3 is 5.97 Å². The Kier molecular flexibility index (Phi) is 7.22. The molecule has 0 bridgehead atoms. The Bertz CT molecular complexity index is 1220. The van der Waals surface area contributed by atoms with Crippen molar-refractivity contribution >= 4 is 22.8 Å². The number of hydrogen-bond acceptors (Lipinski definition) is 5. The number of carbonyl (C=O) groups is 2. The van der Waals surface area contributed by atoms with Crippen LogP contribution in [0.5, 0.6) is 0 Å². The summed E-state index contributed by atoms with van der Waals surface area (Å²) in [5, 5.41) is 1.19. The topological polar surface area (TPSA) is 85.5 Å². The minimum absolute atomic E-state index is 0.208. The van der Waals surface area contributed by atoms with Crippen molar-refractivity contribution in [3.8, 4) is 0 Å². The van der Waals surface area contributed by atoms with Gasteiger partial charge in [-0.15, -0.1) is 0 Å². The van der Waals surface area contributed by atoms with Crippen LogP contribution >= 0.6 is 0 Å². The van der Waals surface area contributed by atoms with E-state index in [9.17, 15) is 9.59 Å². The summed E-state index contributed by atoms with van der Waals surface area (Å²) in [6.45, 7) is 6.53. The van der Waals surface area contributed by atoms with Crippen molar-refractivity contribution in [2.75, 3.05) is 13.7 Å². The fourth-order valence-corrected chi connectivity index (χ4v) is 5.11. The number of nitrogens with zero attached hydrogens (tertiary/aromatic N) is 2. The number of para-hydroxylation sites is 1. The van der Waals surface area contributed by atoms with Gasteiger partial charge in [-0.2, -0.15) is 0 Å². The van der Waals surface area contributed by atoms with E-state index in [1.165, 1.54) is 23.6 Å². The molecule has 6 heteroatoms. The fraction of sp³-hybridized carbons (Fsp3) is 0.414. The number of rotatable bonds is 8. The molecule has 0 radical (unpaired) electrons. The van der Waals surface area contributed by atoms with Gasteiger partial charge in [0.25, 0.3) is 0 Å². The number of esters is 1. The molecule has 1 fully saturated rings. The van der Waals surface area contributed by atoms with Crippen molar-refractivity contribution in [3.05, 3.63) is 77.0 Å². The van der Waals surface area contributed by atoms with E-state index in [-0.39, 0.29) is 17.8 Å². The molecule has 2 aromatic carbocycles. The van der Waals surface area contributed by atoms with Gasteiger partial charge in [0, 0.05) is 17.6 Å². The number of likely N-dealkylation sites (tertiary alicyclic amines) is 1. The van der Waals surface area contributed by atoms with Crippen molar-refractivity contribution in [3.63, 3.8) is 0 Å². The molecule has 184 valence electrons. The van der Waals surface area contributed by atoms with E-state index in [0.29, 0.717) is 19.4 Å². The lowest BCUT2D eigenvalue weighted by atomic mass is 9.88. The number of carbonyl (C=O) groups excluding carboxylic acids is 2. The van der Waals surface area contributed by atoms with E-state index in [2.05, 4.69) is 35.3 Å². The highest BCUT2D eigenvalue weighted by Crippen LogP contribution is 2.34. The molecule has 1 aliphatic heterocycles. The summed E-state index contributed by atoms with van der Waals surface area (Å²) in [6.07, 6.45) is 2.81. The van der Waals surface area contributed by atoms with E-state index in [1.807, 2.05) is 45.0 Å². The van der Waals surface area contributed by atoms with Crippen LogP contribution in [-0.4, -0.2) is 41.5 Å². The number of aryl methyl sites for hydroxylation is 3. The maximum atomic E-state index is 13.4. The molecule has 6 nitrogen and oxygen atoms in total. The number of benzene rings is 2. The third-order valence-corrected chi connectivity index (χ3v) is 7.02. The summed E-state index contributed by atoms with van der Waals surface area (Å²) in [6, 6.07) is 17.8. The molecular formula is C29H35N3O3. The molecular weight excluding hydrogens is 438 g/mol. The quantitative estimate of drug-likeness (QED) is 0.493. The third-order valence-electron chi connectivity index (χ3n) is 7.02. The summed E-state index contributed by atoms with van der Waals surface area (Å²) in [4.78, 5) is 32.1. The molecule has 1 saturated heterocycles. The van der Waals surface area contributed by atoms with Crippen LogP contribution in [0.25, 0.3) is 10.9 Å². The summed E-state index contributed by atoms with van der Waals surface area (Å²) >= 11 is 0. The predicted octanol–water partition coefficient (Wildman–Crippen LogP) is 4.30. The van der Waals surface area contributed by atoms with Gasteiger partial charge in [-0.1, -0.05) is 56.3 Å². The van der Waals surface area contributed by atoms with Crippen molar-refractivity contribution in [1.82, 2.24) is 9.88 Å². The summed E-state index contributed by atoms with van der Waals surface area (Å²) in [5.41, 5.74) is 10.8. The number of pyridine rings is 1. The lowest BCUT2D eigenvalue weighted by Crippen LogP contribution is -2.50.